The predicted molar refractivity (Wildman–Crippen MR) is 98.8 cm³/mol. The average Bonchev–Trinajstić information content (AvgIpc) is 3.37. The molecule has 1 atom stereocenters. The molecule has 0 bridgehead atoms. The van der Waals surface area contributed by atoms with Gasteiger partial charge in [-0.3, -0.25) is 9.78 Å². The first-order valence-electron chi connectivity index (χ1n) is 9.50. The van der Waals surface area contributed by atoms with Gasteiger partial charge in [-0.1, -0.05) is 11.6 Å². The van der Waals surface area contributed by atoms with Crippen molar-refractivity contribution in [1.82, 2.24) is 9.88 Å². The summed E-state index contributed by atoms with van der Waals surface area (Å²) in [4.78, 5) is 20.2. The smallest absolute Gasteiger partial charge is 0.254 e. The van der Waals surface area contributed by atoms with Crippen LogP contribution in [0.3, 0.4) is 0 Å². The summed E-state index contributed by atoms with van der Waals surface area (Å²) in [5, 5.41) is 10.1. The molecule has 2 fully saturated rings. The zero-order valence-electron chi connectivity index (χ0n) is 14.9. The lowest BCUT2D eigenvalue weighted by atomic mass is 10.0. The summed E-state index contributed by atoms with van der Waals surface area (Å²) in [5.41, 5.74) is 3.97. The molecule has 25 heavy (non-hydrogen) atoms. The minimum absolute atomic E-state index is 0.139. The van der Waals surface area contributed by atoms with Crippen molar-refractivity contribution >= 4 is 16.8 Å². The van der Waals surface area contributed by atoms with E-state index in [1.807, 2.05) is 17.0 Å². The predicted octanol–water partition coefficient (Wildman–Crippen LogP) is 3.80. The van der Waals surface area contributed by atoms with Crippen LogP contribution in [0.1, 0.15) is 66.1 Å². The van der Waals surface area contributed by atoms with Gasteiger partial charge in [0.1, 0.15) is 0 Å². The standard InChI is InChI=1S/C21H26N2O2/c1-14-6-9-19-17(12-14)18(13-20(22-19)15-7-8-15)21(25)23-10-2-4-16(23)5-3-11-24/h6,9,12-13,15-16,24H,2-5,7-8,10-11H2,1H3. The number of aromatic nitrogens is 1. The van der Waals surface area contributed by atoms with Gasteiger partial charge in [-0.2, -0.15) is 0 Å². The van der Waals surface area contributed by atoms with Crippen molar-refractivity contribution in [2.75, 3.05) is 13.2 Å². The molecule has 2 heterocycles. The molecule has 1 aromatic heterocycles. The molecule has 1 saturated carbocycles. The minimum atomic E-state index is 0.139. The van der Waals surface area contributed by atoms with Crippen molar-refractivity contribution in [2.45, 2.75) is 57.4 Å². The SMILES string of the molecule is Cc1ccc2nc(C3CC3)cc(C(=O)N3CCCC3CCCO)c2c1. The Labute approximate surface area is 148 Å². The van der Waals surface area contributed by atoms with Gasteiger partial charge >= 0.3 is 0 Å². The van der Waals surface area contributed by atoms with Gasteiger partial charge in [-0.05, 0) is 63.6 Å². The molecule has 1 N–H and O–H groups in total. The Bertz CT molecular complexity index is 798. The molecular weight excluding hydrogens is 312 g/mol. The zero-order chi connectivity index (χ0) is 17.4. The van der Waals surface area contributed by atoms with E-state index in [4.69, 9.17) is 10.1 Å². The molecule has 132 valence electrons. The van der Waals surface area contributed by atoms with E-state index in [-0.39, 0.29) is 18.6 Å². The molecule has 2 aliphatic rings. The van der Waals surface area contributed by atoms with Crippen molar-refractivity contribution in [2.24, 2.45) is 0 Å². The largest absolute Gasteiger partial charge is 0.396 e. The van der Waals surface area contributed by atoms with Gasteiger partial charge in [0.15, 0.2) is 0 Å². The number of aliphatic hydroxyl groups excluding tert-OH is 1. The topological polar surface area (TPSA) is 53.4 Å². The number of carbonyl (C=O) groups is 1. The van der Waals surface area contributed by atoms with Crippen LogP contribution in [0, 0.1) is 6.92 Å². The fourth-order valence-electron chi connectivity index (χ4n) is 4.01. The highest BCUT2D eigenvalue weighted by molar-refractivity contribution is 6.06. The number of aryl methyl sites for hydroxylation is 1. The Morgan fingerprint density at radius 2 is 2.12 bits per heavy atom. The summed E-state index contributed by atoms with van der Waals surface area (Å²) >= 11 is 0. The first-order valence-corrected chi connectivity index (χ1v) is 9.50. The maximum absolute atomic E-state index is 13.4. The highest BCUT2D eigenvalue weighted by Crippen LogP contribution is 2.40. The van der Waals surface area contributed by atoms with E-state index in [1.165, 1.54) is 12.8 Å². The number of hydrogen-bond acceptors (Lipinski definition) is 3. The highest BCUT2D eigenvalue weighted by Gasteiger charge is 2.32. The lowest BCUT2D eigenvalue weighted by Gasteiger charge is -2.25. The quantitative estimate of drug-likeness (QED) is 0.902. The second-order valence-corrected chi connectivity index (χ2v) is 7.55. The van der Waals surface area contributed by atoms with Gasteiger partial charge in [-0.25, -0.2) is 0 Å². The maximum Gasteiger partial charge on any atom is 0.254 e. The lowest BCUT2D eigenvalue weighted by Crippen LogP contribution is -2.35. The fraction of sp³-hybridized carbons (Fsp3) is 0.524. The number of rotatable bonds is 5. The van der Waals surface area contributed by atoms with Crippen LogP contribution in [0.2, 0.25) is 0 Å². The molecule has 1 unspecified atom stereocenters. The van der Waals surface area contributed by atoms with Crippen molar-refractivity contribution in [3.05, 3.63) is 41.1 Å². The molecule has 4 heteroatoms. The third-order valence-corrected chi connectivity index (χ3v) is 5.54. The molecule has 1 aliphatic heterocycles. The van der Waals surface area contributed by atoms with E-state index in [1.54, 1.807) is 0 Å². The zero-order valence-corrected chi connectivity index (χ0v) is 14.9. The van der Waals surface area contributed by atoms with Gasteiger partial charge < -0.3 is 10.0 Å². The molecule has 1 saturated heterocycles. The number of likely N-dealkylation sites (tertiary alicyclic amines) is 1. The summed E-state index contributed by atoms with van der Waals surface area (Å²) in [5.74, 6) is 0.668. The van der Waals surface area contributed by atoms with Crippen LogP contribution in [0.4, 0.5) is 0 Å². The maximum atomic E-state index is 13.4. The number of aliphatic hydroxyl groups is 1. The Balaban J connectivity index is 1.73. The second kappa shape index (κ2) is 6.75. The van der Waals surface area contributed by atoms with E-state index in [2.05, 4.69) is 19.1 Å². The van der Waals surface area contributed by atoms with E-state index >= 15 is 0 Å². The molecule has 4 nitrogen and oxygen atoms in total. The number of amides is 1. The lowest BCUT2D eigenvalue weighted by molar-refractivity contribution is 0.0726. The van der Waals surface area contributed by atoms with Crippen LogP contribution in [0.25, 0.3) is 10.9 Å². The first-order chi connectivity index (χ1) is 12.2. The Hall–Kier alpha value is -1.94. The Kier molecular flexibility index (Phi) is 4.46. The van der Waals surface area contributed by atoms with Crippen molar-refractivity contribution in [3.63, 3.8) is 0 Å². The van der Waals surface area contributed by atoms with Crippen LogP contribution in [0.5, 0.6) is 0 Å². The summed E-state index contributed by atoms with van der Waals surface area (Å²) in [6, 6.07) is 8.51. The number of nitrogens with zero attached hydrogens (tertiary/aromatic N) is 2. The summed E-state index contributed by atoms with van der Waals surface area (Å²) in [6.07, 6.45) is 6.11. The van der Waals surface area contributed by atoms with Crippen LogP contribution >= 0.6 is 0 Å². The molecule has 1 aromatic carbocycles. The number of hydrogen-bond donors (Lipinski definition) is 1. The van der Waals surface area contributed by atoms with E-state index in [0.717, 1.165) is 60.0 Å². The monoisotopic (exact) mass is 338 g/mol. The van der Waals surface area contributed by atoms with E-state index < -0.39 is 0 Å². The Morgan fingerprint density at radius 3 is 2.88 bits per heavy atom. The average molecular weight is 338 g/mol. The van der Waals surface area contributed by atoms with E-state index in [0.29, 0.717) is 5.92 Å². The number of fused-ring (bicyclic) bond motifs is 1. The van der Waals surface area contributed by atoms with Gasteiger partial charge in [0.2, 0.25) is 0 Å². The van der Waals surface area contributed by atoms with Crippen molar-refractivity contribution < 1.29 is 9.90 Å². The van der Waals surface area contributed by atoms with Gasteiger partial charge in [0.05, 0.1) is 11.1 Å². The number of benzene rings is 1. The van der Waals surface area contributed by atoms with Crippen molar-refractivity contribution in [1.29, 1.82) is 0 Å². The number of carbonyl (C=O) groups excluding carboxylic acids is 1. The van der Waals surface area contributed by atoms with Gasteiger partial charge in [-0.15, -0.1) is 0 Å². The third kappa shape index (κ3) is 3.28. The van der Waals surface area contributed by atoms with Crippen LogP contribution in [0.15, 0.2) is 24.3 Å². The molecule has 2 aromatic rings. The normalized spacial score (nSPS) is 20.4. The summed E-state index contributed by atoms with van der Waals surface area (Å²) in [7, 11) is 0. The van der Waals surface area contributed by atoms with Gasteiger partial charge in [0.25, 0.3) is 5.91 Å². The first kappa shape index (κ1) is 16.5. The van der Waals surface area contributed by atoms with Gasteiger partial charge in [0, 0.05) is 36.2 Å². The Morgan fingerprint density at radius 1 is 1.28 bits per heavy atom. The summed E-state index contributed by atoms with van der Waals surface area (Å²) < 4.78 is 0. The molecule has 1 aliphatic carbocycles. The third-order valence-electron chi connectivity index (χ3n) is 5.54. The van der Waals surface area contributed by atoms with Crippen LogP contribution < -0.4 is 0 Å². The molecule has 1 amide bonds. The second-order valence-electron chi connectivity index (χ2n) is 7.55. The summed E-state index contributed by atoms with van der Waals surface area (Å²) in [6.45, 7) is 3.08. The molecule has 4 rings (SSSR count). The van der Waals surface area contributed by atoms with Crippen LogP contribution in [-0.4, -0.2) is 40.1 Å². The molecular formula is C21H26N2O2. The van der Waals surface area contributed by atoms with Crippen LogP contribution in [-0.2, 0) is 0 Å². The fourth-order valence-corrected chi connectivity index (χ4v) is 4.01. The minimum Gasteiger partial charge on any atom is -0.396 e. The van der Waals surface area contributed by atoms with E-state index in [9.17, 15) is 4.79 Å². The number of pyridine rings is 1. The molecule has 0 radical (unpaired) electrons. The van der Waals surface area contributed by atoms with Crippen molar-refractivity contribution in [3.8, 4) is 0 Å². The highest BCUT2D eigenvalue weighted by atomic mass is 16.3. The molecule has 0 spiro atoms.